The summed E-state index contributed by atoms with van der Waals surface area (Å²) in [5.74, 6) is -0.464. The molecule has 0 aliphatic carbocycles. The van der Waals surface area contributed by atoms with Crippen molar-refractivity contribution in [3.8, 4) is 0 Å². The lowest BCUT2D eigenvalue weighted by atomic mass is 10.00. The van der Waals surface area contributed by atoms with E-state index in [1.165, 1.54) is 12.1 Å². The number of carbonyl (C=O) groups excluding carboxylic acids is 1. The highest BCUT2D eigenvalue weighted by atomic mass is 19.1. The van der Waals surface area contributed by atoms with Crippen LogP contribution in [0.3, 0.4) is 0 Å². The first-order valence-electron chi connectivity index (χ1n) is 7.53. The average molecular weight is 292 g/mol. The van der Waals surface area contributed by atoms with Gasteiger partial charge >= 0.3 is 0 Å². The predicted molar refractivity (Wildman–Crippen MR) is 78.5 cm³/mol. The van der Waals surface area contributed by atoms with E-state index in [-0.39, 0.29) is 17.8 Å². The molecule has 0 radical (unpaired) electrons. The molecule has 2 aliphatic heterocycles. The molecule has 2 unspecified atom stereocenters. The van der Waals surface area contributed by atoms with Crippen LogP contribution in [0, 0.1) is 12.7 Å². The molecule has 1 amide bonds. The van der Waals surface area contributed by atoms with Gasteiger partial charge in [0.1, 0.15) is 5.82 Å². The van der Waals surface area contributed by atoms with Crippen molar-refractivity contribution in [1.82, 2.24) is 4.90 Å². The van der Waals surface area contributed by atoms with Crippen molar-refractivity contribution in [1.29, 1.82) is 0 Å². The van der Waals surface area contributed by atoms with Gasteiger partial charge < -0.3 is 10.4 Å². The third-order valence-corrected chi connectivity index (χ3v) is 4.66. The molecule has 2 atom stereocenters. The van der Waals surface area contributed by atoms with Gasteiger partial charge in [-0.05, 0) is 50.3 Å². The second-order valence-corrected chi connectivity index (χ2v) is 6.19. The Morgan fingerprint density at radius 1 is 1.38 bits per heavy atom. The number of nitrogens with one attached hydrogen (secondary N) is 1. The molecule has 21 heavy (non-hydrogen) atoms. The number of hydrogen-bond acceptors (Lipinski definition) is 3. The summed E-state index contributed by atoms with van der Waals surface area (Å²) >= 11 is 0. The first-order chi connectivity index (χ1) is 10.0. The van der Waals surface area contributed by atoms with Gasteiger partial charge in [0.05, 0.1) is 12.6 Å². The molecule has 2 aliphatic rings. The molecule has 0 spiro atoms. The minimum Gasteiger partial charge on any atom is -0.393 e. The maximum absolute atomic E-state index is 13.2. The van der Waals surface area contributed by atoms with Crippen LogP contribution in [0.2, 0.25) is 0 Å². The number of benzene rings is 1. The predicted octanol–water partition coefficient (Wildman–Crippen LogP) is 2.06. The third kappa shape index (κ3) is 3.09. The topological polar surface area (TPSA) is 52.6 Å². The number of piperidine rings is 1. The Morgan fingerprint density at radius 2 is 2.05 bits per heavy atom. The molecule has 114 valence electrons. The zero-order valence-electron chi connectivity index (χ0n) is 12.2. The molecule has 2 bridgehead atoms. The molecular weight excluding hydrogens is 271 g/mol. The zero-order valence-corrected chi connectivity index (χ0v) is 12.2. The molecule has 2 heterocycles. The molecule has 0 saturated carbocycles. The summed E-state index contributed by atoms with van der Waals surface area (Å²) in [5.41, 5.74) is 1.38. The summed E-state index contributed by atoms with van der Waals surface area (Å²) in [4.78, 5) is 14.4. The Kier molecular flexibility index (Phi) is 3.95. The molecule has 4 nitrogen and oxygen atoms in total. The molecule has 2 saturated heterocycles. The molecule has 3 rings (SSSR count). The minimum atomic E-state index is -0.350. The van der Waals surface area contributed by atoms with Gasteiger partial charge in [-0.3, -0.25) is 9.69 Å². The van der Waals surface area contributed by atoms with Crippen molar-refractivity contribution < 1.29 is 14.3 Å². The van der Waals surface area contributed by atoms with E-state index < -0.39 is 0 Å². The van der Waals surface area contributed by atoms with Crippen LogP contribution in [0.15, 0.2) is 18.2 Å². The van der Waals surface area contributed by atoms with E-state index in [4.69, 9.17) is 0 Å². The standard InChI is InChI=1S/C16H21FN2O2/c1-10-2-3-11(17)6-15(10)18-16(21)9-19-12-4-5-13(19)8-14(20)7-12/h2-3,6,12-14,20H,4-5,7-9H2,1H3,(H,18,21). The number of carbonyl (C=O) groups is 1. The highest BCUT2D eigenvalue weighted by Crippen LogP contribution is 2.35. The summed E-state index contributed by atoms with van der Waals surface area (Å²) in [7, 11) is 0. The van der Waals surface area contributed by atoms with Crippen LogP contribution in [-0.2, 0) is 4.79 Å². The summed E-state index contributed by atoms with van der Waals surface area (Å²) in [6, 6.07) is 5.00. The number of aryl methyl sites for hydroxylation is 1. The number of halogens is 1. The van der Waals surface area contributed by atoms with E-state index in [1.807, 2.05) is 6.92 Å². The van der Waals surface area contributed by atoms with Crippen molar-refractivity contribution >= 4 is 11.6 Å². The second kappa shape index (κ2) is 5.73. The van der Waals surface area contributed by atoms with Gasteiger partial charge in [-0.25, -0.2) is 4.39 Å². The fourth-order valence-electron chi connectivity index (χ4n) is 3.59. The number of hydrogen-bond donors (Lipinski definition) is 2. The molecule has 2 fully saturated rings. The van der Waals surface area contributed by atoms with Gasteiger partial charge in [0, 0.05) is 17.8 Å². The third-order valence-electron chi connectivity index (χ3n) is 4.66. The first-order valence-corrected chi connectivity index (χ1v) is 7.53. The monoisotopic (exact) mass is 292 g/mol. The van der Waals surface area contributed by atoms with E-state index in [2.05, 4.69) is 10.2 Å². The fourth-order valence-corrected chi connectivity index (χ4v) is 3.59. The lowest BCUT2D eigenvalue weighted by Crippen LogP contribution is -2.47. The first kappa shape index (κ1) is 14.5. The molecule has 1 aromatic rings. The van der Waals surface area contributed by atoms with Gasteiger partial charge in [0.25, 0.3) is 0 Å². The van der Waals surface area contributed by atoms with Crippen molar-refractivity contribution in [3.05, 3.63) is 29.6 Å². The van der Waals surface area contributed by atoms with Crippen molar-refractivity contribution in [2.24, 2.45) is 0 Å². The Hall–Kier alpha value is -1.46. The Balaban J connectivity index is 1.63. The fraction of sp³-hybridized carbons (Fsp3) is 0.562. The van der Waals surface area contributed by atoms with Crippen molar-refractivity contribution in [2.45, 2.75) is 50.8 Å². The maximum Gasteiger partial charge on any atom is 0.238 e. The van der Waals surface area contributed by atoms with Crippen molar-refractivity contribution in [3.63, 3.8) is 0 Å². The smallest absolute Gasteiger partial charge is 0.238 e. The number of anilines is 1. The van der Waals surface area contributed by atoms with Gasteiger partial charge in [-0.15, -0.1) is 0 Å². The van der Waals surface area contributed by atoms with Crippen molar-refractivity contribution in [2.75, 3.05) is 11.9 Å². The quantitative estimate of drug-likeness (QED) is 0.896. The van der Waals surface area contributed by atoms with E-state index in [0.29, 0.717) is 24.3 Å². The summed E-state index contributed by atoms with van der Waals surface area (Å²) in [6.45, 7) is 2.16. The molecule has 0 aromatic heterocycles. The highest BCUT2D eigenvalue weighted by Gasteiger charge is 2.40. The van der Waals surface area contributed by atoms with Crippen LogP contribution in [0.5, 0.6) is 0 Å². The number of rotatable bonds is 3. The minimum absolute atomic E-state index is 0.114. The number of fused-ring (bicyclic) bond motifs is 2. The second-order valence-electron chi connectivity index (χ2n) is 6.19. The van der Waals surface area contributed by atoms with Gasteiger partial charge in [0.15, 0.2) is 0 Å². The Morgan fingerprint density at radius 3 is 2.71 bits per heavy atom. The van der Waals surface area contributed by atoms with E-state index in [9.17, 15) is 14.3 Å². The van der Waals surface area contributed by atoms with Gasteiger partial charge in [0.2, 0.25) is 5.91 Å². The maximum atomic E-state index is 13.2. The summed E-state index contributed by atoms with van der Waals surface area (Å²) in [6.07, 6.45) is 3.38. The van der Waals surface area contributed by atoms with E-state index in [1.54, 1.807) is 6.07 Å². The largest absolute Gasteiger partial charge is 0.393 e. The normalized spacial score (nSPS) is 28.6. The summed E-state index contributed by atoms with van der Waals surface area (Å²) in [5, 5.41) is 12.6. The van der Waals surface area contributed by atoms with Crippen LogP contribution >= 0.6 is 0 Å². The molecule has 5 heteroatoms. The van der Waals surface area contributed by atoms with Crippen LogP contribution in [0.1, 0.15) is 31.2 Å². The Labute approximate surface area is 124 Å². The van der Waals surface area contributed by atoms with Gasteiger partial charge in [-0.1, -0.05) is 6.07 Å². The highest BCUT2D eigenvalue weighted by molar-refractivity contribution is 5.93. The van der Waals surface area contributed by atoms with E-state index >= 15 is 0 Å². The van der Waals surface area contributed by atoms with E-state index in [0.717, 1.165) is 31.2 Å². The van der Waals surface area contributed by atoms with Crippen LogP contribution in [0.4, 0.5) is 10.1 Å². The molecule has 1 aromatic carbocycles. The Bertz CT molecular complexity index is 535. The summed E-state index contributed by atoms with van der Waals surface area (Å²) < 4.78 is 13.2. The van der Waals surface area contributed by atoms with Crippen LogP contribution in [0.25, 0.3) is 0 Å². The average Bonchev–Trinajstić information content (AvgIpc) is 2.66. The van der Waals surface area contributed by atoms with Gasteiger partial charge in [-0.2, -0.15) is 0 Å². The van der Waals surface area contributed by atoms with Crippen LogP contribution in [-0.4, -0.2) is 40.6 Å². The van der Waals surface area contributed by atoms with Crippen LogP contribution < -0.4 is 5.32 Å². The zero-order chi connectivity index (χ0) is 15.0. The SMILES string of the molecule is Cc1ccc(F)cc1NC(=O)CN1C2CCC1CC(O)C2. The molecule has 2 N–H and O–H groups in total. The lowest BCUT2D eigenvalue weighted by molar-refractivity contribution is -0.119. The number of aliphatic hydroxyl groups excluding tert-OH is 1. The molecular formula is C16H21FN2O2. The number of aliphatic hydroxyl groups is 1. The lowest BCUT2D eigenvalue weighted by Gasteiger charge is -2.36. The number of nitrogens with zero attached hydrogens (tertiary/aromatic N) is 1. The number of amides is 1.